The second kappa shape index (κ2) is 6.66. The van der Waals surface area contributed by atoms with Crippen LogP contribution in [0.2, 0.25) is 5.02 Å². The van der Waals surface area contributed by atoms with Gasteiger partial charge in [0.15, 0.2) is 18.1 Å². The zero-order valence-electron chi connectivity index (χ0n) is 9.68. The number of aldehydes is 1. The molecule has 0 bridgehead atoms. The number of primary amides is 1. The van der Waals surface area contributed by atoms with Crippen LogP contribution in [0.3, 0.4) is 0 Å². The van der Waals surface area contributed by atoms with Gasteiger partial charge in [0, 0.05) is 0 Å². The molecule has 1 rings (SSSR count). The molecular formula is C12H12ClNO4. The number of amides is 1. The molecule has 0 saturated heterocycles. The highest BCUT2D eigenvalue weighted by Gasteiger charge is 2.12. The summed E-state index contributed by atoms with van der Waals surface area (Å²) in [5.74, 6) is -0.0198. The van der Waals surface area contributed by atoms with Gasteiger partial charge < -0.3 is 15.2 Å². The highest BCUT2D eigenvalue weighted by molar-refractivity contribution is 6.32. The lowest BCUT2D eigenvalue weighted by Gasteiger charge is -2.12. The number of carbonyl (C=O) groups excluding carboxylic acids is 2. The molecule has 0 aromatic heterocycles. The maximum atomic E-state index is 10.7. The molecule has 0 radical (unpaired) electrons. The molecule has 96 valence electrons. The maximum absolute atomic E-state index is 10.7. The Kier molecular flexibility index (Phi) is 5.20. The van der Waals surface area contributed by atoms with Gasteiger partial charge in [-0.1, -0.05) is 17.7 Å². The van der Waals surface area contributed by atoms with Gasteiger partial charge in [0.2, 0.25) is 0 Å². The van der Waals surface area contributed by atoms with Gasteiger partial charge >= 0.3 is 0 Å². The van der Waals surface area contributed by atoms with Crippen molar-refractivity contribution in [2.24, 2.45) is 5.73 Å². The van der Waals surface area contributed by atoms with E-state index in [4.69, 9.17) is 26.8 Å². The van der Waals surface area contributed by atoms with Gasteiger partial charge in [-0.05, 0) is 23.8 Å². The highest BCUT2D eigenvalue weighted by atomic mass is 35.5. The molecule has 0 heterocycles. The molecule has 0 unspecified atom stereocenters. The molecule has 0 saturated carbocycles. The molecule has 18 heavy (non-hydrogen) atoms. The number of nitrogens with two attached hydrogens (primary N) is 1. The zero-order chi connectivity index (χ0) is 13.5. The van der Waals surface area contributed by atoms with E-state index in [2.05, 4.69) is 0 Å². The molecule has 2 N–H and O–H groups in total. The summed E-state index contributed by atoms with van der Waals surface area (Å²) in [5, 5.41) is 0.265. The minimum absolute atomic E-state index is 0.237. The summed E-state index contributed by atoms with van der Waals surface area (Å²) in [6, 6.07) is 3.21. The van der Waals surface area contributed by atoms with Crippen LogP contribution in [0, 0.1) is 0 Å². The summed E-state index contributed by atoms with van der Waals surface area (Å²) in [5.41, 5.74) is 5.66. The smallest absolute Gasteiger partial charge is 0.255 e. The number of ether oxygens (including phenoxy) is 2. The third-order valence-electron chi connectivity index (χ3n) is 1.98. The molecule has 6 heteroatoms. The van der Waals surface area contributed by atoms with Gasteiger partial charge in [0.25, 0.3) is 5.91 Å². The lowest BCUT2D eigenvalue weighted by atomic mass is 10.2. The maximum Gasteiger partial charge on any atom is 0.255 e. The fourth-order valence-electron chi connectivity index (χ4n) is 1.27. The third kappa shape index (κ3) is 3.78. The van der Waals surface area contributed by atoms with Crippen molar-refractivity contribution in [1.29, 1.82) is 0 Å². The van der Waals surface area contributed by atoms with Crippen molar-refractivity contribution >= 4 is 29.9 Å². The molecule has 5 nitrogen and oxygen atoms in total. The Bertz CT molecular complexity index is 485. The van der Waals surface area contributed by atoms with Crippen LogP contribution in [-0.4, -0.2) is 25.9 Å². The van der Waals surface area contributed by atoms with Gasteiger partial charge in [0.05, 0.1) is 12.1 Å². The van der Waals surface area contributed by atoms with Gasteiger partial charge in [-0.3, -0.25) is 9.59 Å². The largest absolute Gasteiger partial charge is 0.493 e. The first-order valence-electron chi connectivity index (χ1n) is 4.99. The van der Waals surface area contributed by atoms with Crippen molar-refractivity contribution in [3.8, 4) is 11.5 Å². The minimum atomic E-state index is -0.613. The zero-order valence-corrected chi connectivity index (χ0v) is 10.4. The average molecular weight is 270 g/mol. The van der Waals surface area contributed by atoms with Gasteiger partial charge in [-0.2, -0.15) is 0 Å². The average Bonchev–Trinajstić information content (AvgIpc) is 2.34. The second-order valence-electron chi connectivity index (χ2n) is 3.28. The molecule has 0 aliphatic carbocycles. The van der Waals surface area contributed by atoms with Crippen LogP contribution in [0.1, 0.15) is 5.56 Å². The lowest BCUT2D eigenvalue weighted by molar-refractivity contribution is -0.120. The predicted molar refractivity (Wildman–Crippen MR) is 67.8 cm³/mol. The van der Waals surface area contributed by atoms with E-state index in [1.807, 2.05) is 0 Å². The van der Waals surface area contributed by atoms with E-state index < -0.39 is 5.91 Å². The molecule has 0 atom stereocenters. The molecular weight excluding hydrogens is 258 g/mol. The van der Waals surface area contributed by atoms with E-state index in [0.29, 0.717) is 17.6 Å². The Labute approximate surface area is 109 Å². The predicted octanol–water partition coefficient (Wildman–Crippen LogP) is 1.42. The molecule has 0 aliphatic heterocycles. The SMILES string of the molecule is COc1cc(C=CC=O)cc(Cl)c1OCC(N)=O. The van der Waals surface area contributed by atoms with Crippen molar-refractivity contribution < 1.29 is 19.1 Å². The first-order valence-corrected chi connectivity index (χ1v) is 5.36. The summed E-state index contributed by atoms with van der Waals surface area (Å²) in [7, 11) is 1.44. The summed E-state index contributed by atoms with van der Waals surface area (Å²) >= 11 is 6.00. The number of hydrogen-bond donors (Lipinski definition) is 1. The molecule has 0 aliphatic rings. The normalized spacial score (nSPS) is 10.3. The first-order chi connectivity index (χ1) is 8.58. The van der Waals surface area contributed by atoms with Crippen molar-refractivity contribution in [3.63, 3.8) is 0 Å². The van der Waals surface area contributed by atoms with Crippen molar-refractivity contribution in [1.82, 2.24) is 0 Å². The van der Waals surface area contributed by atoms with Crippen LogP contribution in [0.4, 0.5) is 0 Å². The van der Waals surface area contributed by atoms with E-state index in [-0.39, 0.29) is 17.4 Å². The third-order valence-corrected chi connectivity index (χ3v) is 2.26. The van der Waals surface area contributed by atoms with Crippen LogP contribution >= 0.6 is 11.6 Å². The summed E-state index contributed by atoms with van der Waals surface area (Å²) < 4.78 is 10.2. The summed E-state index contributed by atoms with van der Waals surface area (Å²) in [6.45, 7) is -0.292. The standard InChI is InChI=1S/C12H12ClNO4/c1-17-10-6-8(3-2-4-15)5-9(13)12(10)18-7-11(14)16/h2-6H,7H2,1H3,(H2,14,16). The highest BCUT2D eigenvalue weighted by Crippen LogP contribution is 2.36. The van der Waals surface area contributed by atoms with E-state index in [1.54, 1.807) is 18.2 Å². The number of allylic oxidation sites excluding steroid dienone is 1. The fraction of sp³-hybridized carbons (Fsp3) is 0.167. The van der Waals surface area contributed by atoms with Gasteiger partial charge in [-0.25, -0.2) is 0 Å². The quantitative estimate of drug-likeness (QED) is 0.626. The van der Waals surface area contributed by atoms with Crippen molar-refractivity contribution in [3.05, 3.63) is 28.8 Å². The van der Waals surface area contributed by atoms with Crippen molar-refractivity contribution in [2.45, 2.75) is 0 Å². The Morgan fingerprint density at radius 1 is 1.50 bits per heavy atom. The topological polar surface area (TPSA) is 78.6 Å². The molecule has 1 amide bonds. The Morgan fingerprint density at radius 3 is 2.78 bits per heavy atom. The Hall–Kier alpha value is -2.01. The van der Waals surface area contributed by atoms with Crippen LogP contribution in [-0.2, 0) is 9.59 Å². The monoisotopic (exact) mass is 269 g/mol. The number of carbonyl (C=O) groups is 2. The Balaban J connectivity index is 3.07. The van der Waals surface area contributed by atoms with Crippen LogP contribution in [0.5, 0.6) is 11.5 Å². The van der Waals surface area contributed by atoms with E-state index >= 15 is 0 Å². The van der Waals surface area contributed by atoms with Crippen LogP contribution < -0.4 is 15.2 Å². The summed E-state index contributed by atoms with van der Waals surface area (Å²) in [6.07, 6.45) is 3.55. The van der Waals surface area contributed by atoms with E-state index in [9.17, 15) is 9.59 Å². The minimum Gasteiger partial charge on any atom is -0.493 e. The van der Waals surface area contributed by atoms with E-state index in [0.717, 1.165) is 0 Å². The number of hydrogen-bond acceptors (Lipinski definition) is 4. The molecule has 1 aromatic rings. The second-order valence-corrected chi connectivity index (χ2v) is 3.69. The molecule has 0 fully saturated rings. The van der Waals surface area contributed by atoms with E-state index in [1.165, 1.54) is 13.2 Å². The molecule has 1 aromatic carbocycles. The van der Waals surface area contributed by atoms with Gasteiger partial charge in [0.1, 0.15) is 6.29 Å². The number of methoxy groups -OCH3 is 1. The van der Waals surface area contributed by atoms with Crippen molar-refractivity contribution in [2.75, 3.05) is 13.7 Å². The first kappa shape index (κ1) is 14.1. The Morgan fingerprint density at radius 2 is 2.22 bits per heavy atom. The lowest BCUT2D eigenvalue weighted by Crippen LogP contribution is -2.20. The molecule has 0 spiro atoms. The van der Waals surface area contributed by atoms with Crippen LogP contribution in [0.15, 0.2) is 18.2 Å². The van der Waals surface area contributed by atoms with Gasteiger partial charge in [-0.15, -0.1) is 0 Å². The number of benzene rings is 1. The number of halogens is 1. The van der Waals surface area contributed by atoms with Crippen LogP contribution in [0.25, 0.3) is 6.08 Å². The number of rotatable bonds is 6. The summed E-state index contributed by atoms with van der Waals surface area (Å²) in [4.78, 5) is 20.9. The fourth-order valence-corrected chi connectivity index (χ4v) is 1.54.